The maximum Gasteiger partial charge on any atom is 0.240 e. The molecule has 0 spiro atoms. The van der Waals surface area contributed by atoms with Gasteiger partial charge in [-0.1, -0.05) is 49.6 Å². The summed E-state index contributed by atoms with van der Waals surface area (Å²) >= 11 is 6.05. The molecule has 28 heavy (non-hydrogen) atoms. The number of phenols is 1. The third kappa shape index (κ3) is 4.37. The first-order valence-corrected chi connectivity index (χ1v) is 9.79. The molecule has 2 aromatic rings. The largest absolute Gasteiger partial charge is 0.508 e. The van der Waals surface area contributed by atoms with E-state index in [0.717, 1.165) is 18.4 Å². The van der Waals surface area contributed by atoms with Crippen LogP contribution in [0.2, 0.25) is 5.02 Å². The van der Waals surface area contributed by atoms with Gasteiger partial charge in [0.15, 0.2) is 0 Å². The fourth-order valence-electron chi connectivity index (χ4n) is 3.49. The van der Waals surface area contributed by atoms with Crippen LogP contribution in [-0.2, 0) is 4.79 Å². The average Bonchev–Trinajstić information content (AvgIpc) is 3.12. The van der Waals surface area contributed by atoms with E-state index < -0.39 is 17.9 Å². The highest BCUT2D eigenvalue weighted by atomic mass is 35.5. The molecule has 1 aliphatic rings. The predicted molar refractivity (Wildman–Crippen MR) is 109 cm³/mol. The molecule has 0 aromatic heterocycles. The van der Waals surface area contributed by atoms with Gasteiger partial charge in [0, 0.05) is 17.1 Å². The molecule has 0 radical (unpaired) electrons. The second kappa shape index (κ2) is 8.76. The van der Waals surface area contributed by atoms with E-state index in [4.69, 9.17) is 17.3 Å². The first-order valence-electron chi connectivity index (χ1n) is 9.41. The number of carbonyl (C=O) groups excluding carboxylic acids is 1. The Hall–Kier alpha value is -2.37. The Kier molecular flexibility index (Phi) is 6.37. The zero-order valence-corrected chi connectivity index (χ0v) is 16.5. The number of unbranched alkanes of at least 4 members (excludes halogenated alkanes) is 1. The van der Waals surface area contributed by atoms with Gasteiger partial charge in [0.1, 0.15) is 11.6 Å². The van der Waals surface area contributed by atoms with Crippen molar-refractivity contribution in [2.75, 3.05) is 6.54 Å². The molecule has 1 heterocycles. The zero-order valence-electron chi connectivity index (χ0n) is 15.7. The number of rotatable bonds is 6. The summed E-state index contributed by atoms with van der Waals surface area (Å²) in [5.41, 5.74) is 7.92. The highest BCUT2D eigenvalue weighted by Gasteiger charge is 2.34. The monoisotopic (exact) mass is 402 g/mol. The summed E-state index contributed by atoms with van der Waals surface area (Å²) in [4.78, 5) is 14.7. The van der Waals surface area contributed by atoms with Gasteiger partial charge in [-0.3, -0.25) is 4.79 Å². The molecular weight excluding hydrogens is 379 g/mol. The van der Waals surface area contributed by atoms with Crippen LogP contribution in [0.3, 0.4) is 0 Å². The summed E-state index contributed by atoms with van der Waals surface area (Å²) in [7, 11) is 0. The fraction of sp³-hybridized carbons (Fsp3) is 0.318. The van der Waals surface area contributed by atoms with E-state index in [1.807, 2.05) is 19.1 Å². The van der Waals surface area contributed by atoms with Gasteiger partial charge in [0.2, 0.25) is 5.91 Å². The maximum absolute atomic E-state index is 14.4. The van der Waals surface area contributed by atoms with Crippen molar-refractivity contribution in [1.82, 2.24) is 4.90 Å². The number of hydrogen-bond donors (Lipinski definition) is 2. The molecule has 0 aliphatic carbocycles. The molecule has 4 nitrogen and oxygen atoms in total. The van der Waals surface area contributed by atoms with Gasteiger partial charge in [0.05, 0.1) is 12.1 Å². The number of aromatic hydroxyl groups is 1. The highest BCUT2D eigenvalue weighted by molar-refractivity contribution is 6.30. The number of nitrogens with two attached hydrogens (primary N) is 1. The average molecular weight is 403 g/mol. The lowest BCUT2D eigenvalue weighted by Gasteiger charge is -2.28. The smallest absolute Gasteiger partial charge is 0.240 e. The number of benzene rings is 2. The van der Waals surface area contributed by atoms with E-state index in [1.54, 1.807) is 29.2 Å². The number of amides is 1. The molecule has 0 saturated carbocycles. The molecule has 3 rings (SSSR count). The molecule has 1 amide bonds. The van der Waals surface area contributed by atoms with Gasteiger partial charge in [-0.15, -0.1) is 0 Å². The standard InChI is InChI=1S/C22H24ClFN2O2/c1-2-3-7-20(25)22(28)26-13-15(18-12-16(23)8-9-19(18)24)11-21(26)14-5-4-6-17(27)10-14/h4-6,8-12,20-21,27H,2-3,7,13,25H2,1H3/t20-,21?/m0/s1. The zero-order chi connectivity index (χ0) is 20.3. The molecule has 2 atom stereocenters. The second-order valence-corrected chi connectivity index (χ2v) is 7.51. The Bertz CT molecular complexity index is 900. The minimum absolute atomic E-state index is 0.107. The number of phenolic OH excluding ortho intramolecular Hbond substituents is 1. The van der Waals surface area contributed by atoms with Crippen molar-refractivity contribution >= 4 is 23.1 Å². The van der Waals surface area contributed by atoms with Crippen LogP contribution < -0.4 is 5.73 Å². The summed E-state index contributed by atoms with van der Waals surface area (Å²) in [6.45, 7) is 2.28. The van der Waals surface area contributed by atoms with Crippen molar-refractivity contribution in [1.29, 1.82) is 0 Å². The normalized spacial score (nSPS) is 17.5. The van der Waals surface area contributed by atoms with Gasteiger partial charge >= 0.3 is 0 Å². The van der Waals surface area contributed by atoms with Crippen LogP contribution in [0.5, 0.6) is 5.75 Å². The first-order chi connectivity index (χ1) is 13.4. The molecule has 0 bridgehead atoms. The predicted octanol–water partition coefficient (Wildman–Crippen LogP) is 4.67. The van der Waals surface area contributed by atoms with E-state index in [0.29, 0.717) is 22.6 Å². The van der Waals surface area contributed by atoms with Crippen LogP contribution in [-0.4, -0.2) is 28.5 Å². The Morgan fingerprint density at radius 3 is 2.86 bits per heavy atom. The van der Waals surface area contributed by atoms with Crippen molar-refractivity contribution in [3.63, 3.8) is 0 Å². The third-order valence-electron chi connectivity index (χ3n) is 4.99. The lowest BCUT2D eigenvalue weighted by atomic mass is 10.0. The minimum atomic E-state index is -0.614. The molecule has 0 fully saturated rings. The second-order valence-electron chi connectivity index (χ2n) is 7.07. The SMILES string of the molecule is CCCC[C@H](N)C(=O)N1CC(c2cc(Cl)ccc2F)=CC1c1cccc(O)c1. The van der Waals surface area contributed by atoms with Crippen LogP contribution in [0.1, 0.15) is 43.4 Å². The third-order valence-corrected chi connectivity index (χ3v) is 5.23. The first kappa shape index (κ1) is 20.4. The van der Waals surface area contributed by atoms with Crippen LogP contribution in [0.15, 0.2) is 48.5 Å². The lowest BCUT2D eigenvalue weighted by Crippen LogP contribution is -2.43. The number of hydrogen-bond acceptors (Lipinski definition) is 3. The maximum atomic E-state index is 14.4. The quantitative estimate of drug-likeness (QED) is 0.737. The molecule has 1 unspecified atom stereocenters. The van der Waals surface area contributed by atoms with E-state index in [-0.39, 0.29) is 18.2 Å². The summed E-state index contributed by atoms with van der Waals surface area (Å²) in [6, 6.07) is 10.1. The molecule has 3 N–H and O–H groups in total. The van der Waals surface area contributed by atoms with Gasteiger partial charge in [-0.2, -0.15) is 0 Å². The number of halogens is 2. The Morgan fingerprint density at radius 2 is 2.14 bits per heavy atom. The lowest BCUT2D eigenvalue weighted by molar-refractivity contribution is -0.133. The Labute approximate surface area is 169 Å². The summed E-state index contributed by atoms with van der Waals surface area (Å²) in [6.07, 6.45) is 4.25. The van der Waals surface area contributed by atoms with Gasteiger partial charge in [-0.05, 0) is 47.9 Å². The van der Waals surface area contributed by atoms with Crippen molar-refractivity contribution in [3.05, 3.63) is 70.5 Å². The van der Waals surface area contributed by atoms with Crippen LogP contribution in [0.4, 0.5) is 4.39 Å². The Morgan fingerprint density at radius 1 is 1.36 bits per heavy atom. The van der Waals surface area contributed by atoms with E-state index in [1.165, 1.54) is 12.1 Å². The van der Waals surface area contributed by atoms with Crippen molar-refractivity contribution in [2.24, 2.45) is 5.73 Å². The fourth-order valence-corrected chi connectivity index (χ4v) is 3.67. The van der Waals surface area contributed by atoms with Gasteiger partial charge in [0.25, 0.3) is 0 Å². The number of carbonyl (C=O) groups is 1. The summed E-state index contributed by atoms with van der Waals surface area (Å²) in [5.74, 6) is -0.471. The van der Waals surface area contributed by atoms with Gasteiger partial charge < -0.3 is 15.7 Å². The summed E-state index contributed by atoms with van der Waals surface area (Å²) < 4.78 is 14.4. The minimum Gasteiger partial charge on any atom is -0.508 e. The molecule has 148 valence electrons. The molecule has 0 saturated heterocycles. The topological polar surface area (TPSA) is 66.6 Å². The highest BCUT2D eigenvalue weighted by Crippen LogP contribution is 2.37. The molecular formula is C22H24ClFN2O2. The van der Waals surface area contributed by atoms with Crippen molar-refractivity contribution in [2.45, 2.75) is 38.3 Å². The van der Waals surface area contributed by atoms with Crippen molar-refractivity contribution in [3.8, 4) is 5.75 Å². The molecule has 1 aliphatic heterocycles. The van der Waals surface area contributed by atoms with E-state index in [2.05, 4.69) is 0 Å². The van der Waals surface area contributed by atoms with E-state index >= 15 is 0 Å². The van der Waals surface area contributed by atoms with Crippen molar-refractivity contribution < 1.29 is 14.3 Å². The molecule has 2 aromatic carbocycles. The summed E-state index contributed by atoms with van der Waals surface area (Å²) in [5, 5.41) is 10.3. The molecule has 6 heteroatoms. The van der Waals surface area contributed by atoms with Crippen LogP contribution in [0.25, 0.3) is 5.57 Å². The van der Waals surface area contributed by atoms with Crippen LogP contribution >= 0.6 is 11.6 Å². The van der Waals surface area contributed by atoms with Gasteiger partial charge in [-0.25, -0.2) is 4.39 Å². The number of nitrogens with zero attached hydrogens (tertiary/aromatic N) is 1. The van der Waals surface area contributed by atoms with E-state index in [9.17, 15) is 14.3 Å². The van der Waals surface area contributed by atoms with Crippen LogP contribution in [0, 0.1) is 5.82 Å². The Balaban J connectivity index is 1.97.